The van der Waals surface area contributed by atoms with E-state index in [0.717, 1.165) is 12.8 Å². The van der Waals surface area contributed by atoms with Gasteiger partial charge in [0.1, 0.15) is 5.82 Å². The summed E-state index contributed by atoms with van der Waals surface area (Å²) < 4.78 is 14.4. The molecule has 0 bridgehead atoms. The van der Waals surface area contributed by atoms with Crippen LogP contribution in [0, 0.1) is 17.1 Å². The first kappa shape index (κ1) is 14.5. The second-order valence-corrected chi connectivity index (χ2v) is 5.85. The number of anilines is 3. The van der Waals surface area contributed by atoms with Gasteiger partial charge in [0, 0.05) is 12.2 Å². The van der Waals surface area contributed by atoms with Crippen molar-refractivity contribution in [2.45, 2.75) is 25.0 Å². The second kappa shape index (κ2) is 5.49. The molecule has 0 saturated heterocycles. The minimum atomic E-state index is -0.807. The van der Waals surface area contributed by atoms with E-state index < -0.39 is 12.0 Å². The fraction of sp³-hybridized carbons (Fsp3) is 0.235. The molecule has 2 aliphatic rings. The average molecular weight is 323 g/mol. The van der Waals surface area contributed by atoms with E-state index in [1.165, 1.54) is 23.1 Å². The summed E-state index contributed by atoms with van der Waals surface area (Å²) in [6.45, 7) is 0. The first-order chi connectivity index (χ1) is 11.7. The van der Waals surface area contributed by atoms with Gasteiger partial charge in [0.25, 0.3) is 5.91 Å². The summed E-state index contributed by atoms with van der Waals surface area (Å²) in [5.74, 6) is -0.293. The van der Waals surface area contributed by atoms with Gasteiger partial charge in [-0.05, 0) is 43.2 Å². The molecule has 1 fully saturated rings. The number of nitrogens with zero attached hydrogens (tertiary/aromatic N) is 3. The smallest absolute Gasteiger partial charge is 0.264 e. The molecule has 120 valence electrons. The summed E-state index contributed by atoms with van der Waals surface area (Å²) in [6, 6.07) is 9.77. The van der Waals surface area contributed by atoms with Crippen LogP contribution in [0.1, 0.15) is 18.4 Å². The van der Waals surface area contributed by atoms with Crippen molar-refractivity contribution in [3.05, 3.63) is 47.9 Å². The van der Waals surface area contributed by atoms with Gasteiger partial charge in [-0.1, -0.05) is 0 Å². The number of nitriles is 1. The number of halogens is 1. The molecule has 1 aromatic heterocycles. The summed E-state index contributed by atoms with van der Waals surface area (Å²) in [7, 11) is 0. The largest absolute Gasteiger partial charge is 0.354 e. The highest BCUT2D eigenvalue weighted by Crippen LogP contribution is 2.39. The first-order valence-electron chi connectivity index (χ1n) is 7.68. The molecule has 1 unspecified atom stereocenters. The normalized spacial score (nSPS) is 18.5. The van der Waals surface area contributed by atoms with Crippen LogP contribution in [0.15, 0.2) is 36.5 Å². The predicted molar refractivity (Wildman–Crippen MR) is 86.1 cm³/mol. The lowest BCUT2D eigenvalue weighted by Crippen LogP contribution is -2.47. The zero-order chi connectivity index (χ0) is 16.7. The third-order valence-corrected chi connectivity index (χ3v) is 4.07. The number of rotatable bonds is 3. The number of hydrogen-bond donors (Lipinski definition) is 2. The van der Waals surface area contributed by atoms with Gasteiger partial charge in [-0.2, -0.15) is 5.26 Å². The van der Waals surface area contributed by atoms with Crippen LogP contribution < -0.4 is 15.5 Å². The minimum Gasteiger partial charge on any atom is -0.354 e. The topological polar surface area (TPSA) is 81.1 Å². The first-order valence-corrected chi connectivity index (χ1v) is 7.68. The molecule has 1 saturated carbocycles. The Bertz CT molecular complexity index is 858. The van der Waals surface area contributed by atoms with Crippen LogP contribution in [-0.4, -0.2) is 23.1 Å². The molecule has 1 atom stereocenters. The van der Waals surface area contributed by atoms with Crippen LogP contribution in [0.3, 0.4) is 0 Å². The average Bonchev–Trinajstić information content (AvgIpc) is 3.32. The van der Waals surface area contributed by atoms with Gasteiger partial charge < -0.3 is 10.6 Å². The summed E-state index contributed by atoms with van der Waals surface area (Å²) >= 11 is 0. The molecule has 4 rings (SSSR count). The lowest BCUT2D eigenvalue weighted by atomic mass is 10.2. The number of amides is 1. The van der Waals surface area contributed by atoms with E-state index in [2.05, 4.69) is 15.6 Å². The van der Waals surface area contributed by atoms with E-state index in [1.807, 2.05) is 6.07 Å². The van der Waals surface area contributed by atoms with E-state index in [4.69, 9.17) is 5.26 Å². The van der Waals surface area contributed by atoms with Gasteiger partial charge in [0.05, 0.1) is 23.0 Å². The quantitative estimate of drug-likeness (QED) is 0.905. The molecule has 1 amide bonds. The highest BCUT2D eigenvalue weighted by atomic mass is 19.1. The van der Waals surface area contributed by atoms with Gasteiger partial charge in [0.15, 0.2) is 12.0 Å². The van der Waals surface area contributed by atoms with E-state index in [1.54, 1.807) is 18.3 Å². The molecule has 6 nitrogen and oxygen atoms in total. The Labute approximate surface area is 137 Å². The van der Waals surface area contributed by atoms with E-state index >= 15 is 0 Å². The molecule has 2 heterocycles. The van der Waals surface area contributed by atoms with Crippen molar-refractivity contribution in [1.29, 1.82) is 5.26 Å². The lowest BCUT2D eigenvalue weighted by Gasteiger charge is -2.25. The van der Waals surface area contributed by atoms with Crippen molar-refractivity contribution >= 4 is 23.1 Å². The summed E-state index contributed by atoms with van der Waals surface area (Å²) in [6.07, 6.45) is 2.70. The Morgan fingerprint density at radius 1 is 1.42 bits per heavy atom. The molecular weight excluding hydrogens is 309 g/mol. The number of pyridine rings is 1. The monoisotopic (exact) mass is 323 g/mol. The van der Waals surface area contributed by atoms with Crippen molar-refractivity contribution in [3.63, 3.8) is 0 Å². The molecule has 24 heavy (non-hydrogen) atoms. The number of carbonyl (C=O) groups is 1. The van der Waals surface area contributed by atoms with Crippen LogP contribution in [0.25, 0.3) is 0 Å². The van der Waals surface area contributed by atoms with E-state index in [0.29, 0.717) is 17.1 Å². The number of hydrogen-bond acceptors (Lipinski definition) is 5. The van der Waals surface area contributed by atoms with Crippen molar-refractivity contribution < 1.29 is 9.18 Å². The zero-order valence-electron chi connectivity index (χ0n) is 12.7. The molecule has 1 aliphatic carbocycles. The number of benzene rings is 1. The highest BCUT2D eigenvalue weighted by Gasteiger charge is 2.39. The fourth-order valence-electron chi connectivity index (χ4n) is 2.75. The van der Waals surface area contributed by atoms with Crippen LogP contribution in [0.5, 0.6) is 0 Å². The van der Waals surface area contributed by atoms with Crippen molar-refractivity contribution in [2.75, 3.05) is 10.2 Å². The third-order valence-electron chi connectivity index (χ3n) is 4.07. The molecule has 7 heteroatoms. The Kier molecular flexibility index (Phi) is 3.31. The summed E-state index contributed by atoms with van der Waals surface area (Å²) in [4.78, 5) is 18.4. The van der Waals surface area contributed by atoms with E-state index in [-0.39, 0.29) is 17.6 Å². The molecule has 2 aromatic rings. The molecule has 0 spiro atoms. The number of aromatic nitrogens is 1. The maximum absolute atomic E-state index is 14.4. The molecular formula is C17H14FN5O. The van der Waals surface area contributed by atoms with Crippen molar-refractivity contribution in [1.82, 2.24) is 10.3 Å². The molecule has 1 aliphatic heterocycles. The van der Waals surface area contributed by atoms with Gasteiger partial charge in [-0.25, -0.2) is 9.37 Å². The van der Waals surface area contributed by atoms with Crippen molar-refractivity contribution in [3.8, 4) is 6.07 Å². The van der Waals surface area contributed by atoms with Crippen LogP contribution in [-0.2, 0) is 4.79 Å². The SMILES string of the molecule is N#Cc1ccc(F)c(N2c3ncccc3NC2C(=O)NC2CC2)c1. The Hall–Kier alpha value is -3.14. The lowest BCUT2D eigenvalue weighted by molar-refractivity contribution is -0.121. The highest BCUT2D eigenvalue weighted by molar-refractivity contribution is 5.96. The van der Waals surface area contributed by atoms with Crippen LogP contribution >= 0.6 is 0 Å². The third kappa shape index (κ3) is 2.42. The van der Waals surface area contributed by atoms with Crippen molar-refractivity contribution in [2.24, 2.45) is 0 Å². The molecule has 0 radical (unpaired) electrons. The molecule has 1 aromatic carbocycles. The van der Waals surface area contributed by atoms with Gasteiger partial charge >= 0.3 is 0 Å². The Morgan fingerprint density at radius 3 is 3.00 bits per heavy atom. The number of nitrogens with one attached hydrogen (secondary N) is 2. The molecule has 2 N–H and O–H groups in total. The predicted octanol–water partition coefficient (Wildman–Crippen LogP) is 2.26. The Balaban J connectivity index is 1.78. The van der Waals surface area contributed by atoms with Gasteiger partial charge in [0.2, 0.25) is 0 Å². The second-order valence-electron chi connectivity index (χ2n) is 5.85. The number of carbonyl (C=O) groups excluding carboxylic acids is 1. The fourth-order valence-corrected chi connectivity index (χ4v) is 2.75. The minimum absolute atomic E-state index is 0.148. The van der Waals surface area contributed by atoms with Gasteiger partial charge in [-0.3, -0.25) is 9.69 Å². The van der Waals surface area contributed by atoms with Crippen LogP contribution in [0.4, 0.5) is 21.6 Å². The maximum Gasteiger partial charge on any atom is 0.264 e. The van der Waals surface area contributed by atoms with E-state index in [9.17, 15) is 9.18 Å². The maximum atomic E-state index is 14.4. The zero-order valence-corrected chi connectivity index (χ0v) is 12.7. The Morgan fingerprint density at radius 2 is 2.25 bits per heavy atom. The van der Waals surface area contributed by atoms with Crippen LogP contribution in [0.2, 0.25) is 0 Å². The van der Waals surface area contributed by atoms with Gasteiger partial charge in [-0.15, -0.1) is 0 Å². The summed E-state index contributed by atoms with van der Waals surface area (Å²) in [5, 5.41) is 15.1. The summed E-state index contributed by atoms with van der Waals surface area (Å²) in [5.41, 5.74) is 1.11. The standard InChI is InChI=1S/C17H14FN5O/c18-12-6-3-10(9-19)8-14(12)23-15-13(2-1-7-20-15)22-16(23)17(24)21-11-4-5-11/h1-3,6-8,11,16,22H,4-5H2,(H,21,24). The number of fused-ring (bicyclic) bond motifs is 1.